The van der Waals surface area contributed by atoms with E-state index in [1.54, 1.807) is 6.92 Å². The van der Waals surface area contributed by atoms with Crippen molar-refractivity contribution in [3.8, 4) is 0 Å². The first-order chi connectivity index (χ1) is 19.0. The molecule has 2 aliphatic rings. The van der Waals surface area contributed by atoms with Gasteiger partial charge < -0.3 is 34.9 Å². The first-order valence-corrected chi connectivity index (χ1v) is 14.0. The highest BCUT2D eigenvalue weighted by Crippen LogP contribution is 2.42. The van der Waals surface area contributed by atoms with Crippen molar-refractivity contribution in [2.75, 3.05) is 32.8 Å². The van der Waals surface area contributed by atoms with Crippen LogP contribution < -0.4 is 10.6 Å². The van der Waals surface area contributed by atoms with Gasteiger partial charge in [-0.3, -0.25) is 4.79 Å². The van der Waals surface area contributed by atoms with Crippen LogP contribution in [0.4, 0.5) is 4.79 Å². The largest absolute Gasteiger partial charge is 0.465 e. The number of urea groups is 1. The summed E-state index contributed by atoms with van der Waals surface area (Å²) in [6, 6.07) is 15.4. The van der Waals surface area contributed by atoms with E-state index in [1.807, 2.05) is 48.5 Å². The van der Waals surface area contributed by atoms with Gasteiger partial charge >= 0.3 is 12.0 Å². The third kappa shape index (κ3) is 8.25. The number of likely N-dealkylation sites (tertiary alicyclic amines) is 1. The Morgan fingerprint density at radius 1 is 0.949 bits per heavy atom. The van der Waals surface area contributed by atoms with Crippen LogP contribution in [-0.2, 0) is 32.2 Å². The third-order valence-electron chi connectivity index (χ3n) is 7.41. The molecule has 9 heteroatoms. The number of piperidine rings is 1. The van der Waals surface area contributed by atoms with Crippen LogP contribution in [0, 0.1) is 5.92 Å². The molecule has 4 atom stereocenters. The molecule has 2 aromatic carbocycles. The first kappa shape index (κ1) is 29.0. The van der Waals surface area contributed by atoms with E-state index >= 15 is 0 Å². The highest BCUT2D eigenvalue weighted by atomic mass is 16.7. The maximum atomic E-state index is 12.0. The topological polar surface area (TPSA) is 109 Å². The Morgan fingerprint density at radius 2 is 1.62 bits per heavy atom. The lowest BCUT2D eigenvalue weighted by atomic mass is 9.89. The van der Waals surface area contributed by atoms with Crippen molar-refractivity contribution in [1.29, 1.82) is 0 Å². The maximum Gasteiger partial charge on any atom is 0.325 e. The highest BCUT2D eigenvalue weighted by molar-refractivity contribution is 5.80. The number of aliphatic hydroxyl groups is 1. The van der Waals surface area contributed by atoms with E-state index in [2.05, 4.69) is 22.5 Å². The second-order valence-electron chi connectivity index (χ2n) is 10.3. The number of aliphatic hydroxyl groups excluding tert-OH is 1. The fourth-order valence-electron chi connectivity index (χ4n) is 5.13. The van der Waals surface area contributed by atoms with Gasteiger partial charge in [-0.1, -0.05) is 61.9 Å². The molecule has 0 aliphatic carbocycles. The van der Waals surface area contributed by atoms with E-state index in [4.69, 9.17) is 14.2 Å². The molecule has 0 bridgehead atoms. The number of benzene rings is 2. The SMILES string of the molecule is CCOC(=O)CNC(=O)NCc1ccc([C@H]2O[C@@H](CN3CCCCC3)[C@@H](C)[C@@H](c3ccc(CO)cc3)O2)cc1. The van der Waals surface area contributed by atoms with Gasteiger partial charge in [0.15, 0.2) is 6.29 Å². The molecule has 0 unspecified atom stereocenters. The summed E-state index contributed by atoms with van der Waals surface area (Å²) in [4.78, 5) is 25.9. The number of nitrogens with zero attached hydrogens (tertiary/aromatic N) is 1. The van der Waals surface area contributed by atoms with Crippen LogP contribution in [0.25, 0.3) is 0 Å². The Labute approximate surface area is 230 Å². The lowest BCUT2D eigenvalue weighted by Crippen LogP contribution is -2.45. The zero-order chi connectivity index (χ0) is 27.6. The fourth-order valence-corrected chi connectivity index (χ4v) is 5.13. The van der Waals surface area contributed by atoms with Gasteiger partial charge in [0.25, 0.3) is 0 Å². The number of esters is 1. The molecule has 0 spiro atoms. The summed E-state index contributed by atoms with van der Waals surface area (Å²) in [6.45, 7) is 7.41. The highest BCUT2D eigenvalue weighted by Gasteiger charge is 2.39. The van der Waals surface area contributed by atoms with Gasteiger partial charge in [-0.2, -0.15) is 0 Å². The summed E-state index contributed by atoms with van der Waals surface area (Å²) in [5, 5.41) is 14.7. The fraction of sp³-hybridized carbons (Fsp3) is 0.533. The third-order valence-corrected chi connectivity index (χ3v) is 7.41. The van der Waals surface area contributed by atoms with Crippen LogP contribution in [0.5, 0.6) is 0 Å². The van der Waals surface area contributed by atoms with Crippen molar-refractivity contribution in [1.82, 2.24) is 15.5 Å². The number of hydrogen-bond acceptors (Lipinski definition) is 7. The minimum atomic E-state index is -0.520. The molecule has 0 radical (unpaired) electrons. The Hall–Kier alpha value is -2.98. The molecule has 2 saturated heterocycles. The van der Waals surface area contributed by atoms with Crippen LogP contribution in [0.3, 0.4) is 0 Å². The molecule has 4 rings (SSSR count). The van der Waals surface area contributed by atoms with Crippen molar-refractivity contribution in [2.45, 2.75) is 64.8 Å². The molecule has 0 saturated carbocycles. The van der Waals surface area contributed by atoms with Crippen LogP contribution in [-0.4, -0.2) is 60.9 Å². The van der Waals surface area contributed by atoms with E-state index in [0.717, 1.165) is 41.9 Å². The van der Waals surface area contributed by atoms with Crippen LogP contribution in [0.1, 0.15) is 67.8 Å². The predicted molar refractivity (Wildman–Crippen MR) is 147 cm³/mol. The minimum Gasteiger partial charge on any atom is -0.465 e. The lowest BCUT2D eigenvalue weighted by molar-refractivity contribution is -0.276. The van der Waals surface area contributed by atoms with E-state index in [1.165, 1.54) is 19.3 Å². The molecule has 9 nitrogen and oxygen atoms in total. The lowest BCUT2D eigenvalue weighted by Gasteiger charge is -2.43. The van der Waals surface area contributed by atoms with Gasteiger partial charge in [0.1, 0.15) is 6.54 Å². The van der Waals surface area contributed by atoms with Gasteiger partial charge in [0.2, 0.25) is 0 Å². The number of amides is 2. The van der Waals surface area contributed by atoms with Gasteiger partial charge in [0, 0.05) is 24.6 Å². The zero-order valence-corrected chi connectivity index (χ0v) is 22.9. The summed E-state index contributed by atoms with van der Waals surface area (Å²) < 4.78 is 17.9. The Kier molecular flexibility index (Phi) is 10.7. The molecule has 3 N–H and O–H groups in total. The number of carbonyl (C=O) groups excluding carboxylic acids is 2. The number of nitrogens with one attached hydrogen (secondary N) is 2. The quantitative estimate of drug-likeness (QED) is 0.394. The van der Waals surface area contributed by atoms with Crippen LogP contribution >= 0.6 is 0 Å². The number of hydrogen-bond donors (Lipinski definition) is 3. The molecule has 0 aromatic heterocycles. The van der Waals surface area contributed by atoms with Gasteiger partial charge in [-0.15, -0.1) is 0 Å². The molecule has 2 amide bonds. The monoisotopic (exact) mass is 539 g/mol. The van der Waals surface area contributed by atoms with Crippen molar-refractivity contribution >= 4 is 12.0 Å². The van der Waals surface area contributed by atoms with Crippen molar-refractivity contribution in [3.05, 3.63) is 70.8 Å². The molecular weight excluding hydrogens is 498 g/mol. The average Bonchev–Trinajstić information content (AvgIpc) is 2.97. The standard InChI is InChI=1S/C30H41N3O6/c1-3-37-27(35)18-32-30(36)31-17-22-7-13-25(14-8-22)29-38-26(19-33-15-5-4-6-16-33)21(2)28(39-29)24-11-9-23(20-34)10-12-24/h7-14,21,26,28-29,34H,3-6,15-20H2,1-2H3,(H2,31,32,36)/t21-,26+,28+,29+/m1/s1. The number of rotatable bonds is 10. The van der Waals surface area contributed by atoms with Crippen LogP contribution in [0.2, 0.25) is 0 Å². The maximum absolute atomic E-state index is 12.0. The molecule has 39 heavy (non-hydrogen) atoms. The molecule has 212 valence electrons. The summed E-state index contributed by atoms with van der Waals surface area (Å²) in [6.07, 6.45) is 3.09. The number of carbonyl (C=O) groups is 2. The molecule has 2 aromatic rings. The summed E-state index contributed by atoms with van der Waals surface area (Å²) in [5.41, 5.74) is 3.78. The second kappa shape index (κ2) is 14.4. The van der Waals surface area contributed by atoms with E-state index < -0.39 is 18.3 Å². The van der Waals surface area contributed by atoms with Crippen molar-refractivity contribution < 1.29 is 28.9 Å². The molecular formula is C30H41N3O6. The predicted octanol–water partition coefficient (Wildman–Crippen LogP) is 3.82. The van der Waals surface area contributed by atoms with Gasteiger partial charge in [0.05, 0.1) is 25.4 Å². The van der Waals surface area contributed by atoms with E-state index in [0.29, 0.717) is 6.54 Å². The molecule has 2 heterocycles. The second-order valence-corrected chi connectivity index (χ2v) is 10.3. The van der Waals surface area contributed by atoms with Gasteiger partial charge in [-0.05, 0) is 49.5 Å². The minimum absolute atomic E-state index is 0.00815. The summed E-state index contributed by atoms with van der Waals surface area (Å²) in [7, 11) is 0. The summed E-state index contributed by atoms with van der Waals surface area (Å²) >= 11 is 0. The number of ether oxygens (including phenoxy) is 3. The van der Waals surface area contributed by atoms with Crippen molar-refractivity contribution in [2.24, 2.45) is 5.92 Å². The summed E-state index contributed by atoms with van der Waals surface area (Å²) in [5.74, 6) is -0.320. The average molecular weight is 540 g/mol. The normalized spacial score (nSPS) is 23.7. The van der Waals surface area contributed by atoms with E-state index in [-0.39, 0.29) is 37.9 Å². The Balaban J connectivity index is 1.41. The molecule has 2 fully saturated rings. The Bertz CT molecular complexity index is 1060. The van der Waals surface area contributed by atoms with Gasteiger partial charge in [-0.25, -0.2) is 4.79 Å². The first-order valence-electron chi connectivity index (χ1n) is 14.0. The van der Waals surface area contributed by atoms with Crippen molar-refractivity contribution in [3.63, 3.8) is 0 Å². The molecule has 2 aliphatic heterocycles. The Morgan fingerprint density at radius 3 is 2.28 bits per heavy atom. The zero-order valence-electron chi connectivity index (χ0n) is 22.9. The smallest absolute Gasteiger partial charge is 0.325 e. The van der Waals surface area contributed by atoms with Crippen LogP contribution in [0.15, 0.2) is 48.5 Å². The van der Waals surface area contributed by atoms with E-state index in [9.17, 15) is 14.7 Å².